The molecule has 1 heterocycles. The van der Waals surface area contributed by atoms with Gasteiger partial charge < -0.3 is 9.30 Å². The minimum atomic E-state index is -0.861. The lowest BCUT2D eigenvalue weighted by molar-refractivity contribution is 0.0524. The number of rotatable bonds is 3. The highest BCUT2D eigenvalue weighted by atomic mass is 19.1. The summed E-state index contributed by atoms with van der Waals surface area (Å²) in [6.45, 7) is 3.67. The van der Waals surface area contributed by atoms with Crippen molar-refractivity contribution in [3.8, 4) is 0 Å². The standard InChI is InChI=1S/C14H13F2NO3/c1-3-17-7-8(14(19)20-4-2)13(18)11-9(15)5-6-10(16)12(11)17/h5-7H,3-4H2,1-2H3. The van der Waals surface area contributed by atoms with Gasteiger partial charge in [0.25, 0.3) is 0 Å². The Morgan fingerprint density at radius 2 is 1.90 bits per heavy atom. The average Bonchev–Trinajstić information content (AvgIpc) is 2.43. The predicted octanol–water partition coefficient (Wildman–Crippen LogP) is 2.48. The Bertz CT molecular complexity index is 737. The van der Waals surface area contributed by atoms with Crippen molar-refractivity contribution in [1.82, 2.24) is 4.57 Å². The van der Waals surface area contributed by atoms with E-state index in [0.717, 1.165) is 12.1 Å². The van der Waals surface area contributed by atoms with E-state index in [1.165, 1.54) is 10.8 Å². The molecule has 0 aliphatic carbocycles. The van der Waals surface area contributed by atoms with Gasteiger partial charge in [-0.2, -0.15) is 0 Å². The van der Waals surface area contributed by atoms with Gasteiger partial charge in [0.1, 0.15) is 17.2 Å². The highest BCUT2D eigenvalue weighted by molar-refractivity contribution is 5.94. The number of nitrogens with zero attached hydrogens (tertiary/aromatic N) is 1. The summed E-state index contributed by atoms with van der Waals surface area (Å²) in [5, 5.41) is -0.433. The normalized spacial score (nSPS) is 10.8. The van der Waals surface area contributed by atoms with Crippen LogP contribution in [0.25, 0.3) is 10.9 Å². The zero-order valence-corrected chi connectivity index (χ0v) is 11.1. The van der Waals surface area contributed by atoms with Crippen molar-refractivity contribution in [1.29, 1.82) is 0 Å². The highest BCUT2D eigenvalue weighted by Crippen LogP contribution is 2.19. The Balaban J connectivity index is 2.89. The zero-order chi connectivity index (χ0) is 14.9. The van der Waals surface area contributed by atoms with Crippen molar-refractivity contribution in [3.05, 3.63) is 45.8 Å². The van der Waals surface area contributed by atoms with Gasteiger partial charge >= 0.3 is 5.97 Å². The minimum absolute atomic E-state index is 0.0913. The maximum absolute atomic E-state index is 13.8. The molecule has 0 bridgehead atoms. The van der Waals surface area contributed by atoms with E-state index in [4.69, 9.17) is 4.74 Å². The lowest BCUT2D eigenvalue weighted by Gasteiger charge is -2.12. The number of aryl methyl sites for hydroxylation is 1. The Hall–Kier alpha value is -2.24. The number of fused-ring (bicyclic) bond motifs is 1. The fourth-order valence-corrected chi connectivity index (χ4v) is 2.06. The van der Waals surface area contributed by atoms with E-state index in [-0.39, 0.29) is 24.2 Å². The highest BCUT2D eigenvalue weighted by Gasteiger charge is 2.20. The molecule has 0 aliphatic heterocycles. The Morgan fingerprint density at radius 1 is 1.25 bits per heavy atom. The summed E-state index contributed by atoms with van der Waals surface area (Å²) in [6.07, 6.45) is 1.20. The maximum atomic E-state index is 13.8. The summed E-state index contributed by atoms with van der Waals surface area (Å²) in [5.74, 6) is -2.42. The van der Waals surface area contributed by atoms with Crippen molar-refractivity contribution in [2.75, 3.05) is 6.61 Å². The zero-order valence-electron chi connectivity index (χ0n) is 11.1. The van der Waals surface area contributed by atoms with Crippen molar-refractivity contribution in [2.45, 2.75) is 20.4 Å². The summed E-state index contributed by atoms with van der Waals surface area (Å²) >= 11 is 0. The van der Waals surface area contributed by atoms with E-state index in [1.54, 1.807) is 13.8 Å². The molecule has 106 valence electrons. The van der Waals surface area contributed by atoms with Crippen LogP contribution in [0.4, 0.5) is 8.78 Å². The summed E-state index contributed by atoms with van der Waals surface area (Å²) in [4.78, 5) is 23.9. The minimum Gasteiger partial charge on any atom is -0.462 e. The van der Waals surface area contributed by atoms with Crippen LogP contribution in [-0.2, 0) is 11.3 Å². The molecule has 0 saturated heterocycles. The van der Waals surface area contributed by atoms with Crippen molar-refractivity contribution >= 4 is 16.9 Å². The largest absolute Gasteiger partial charge is 0.462 e. The first-order chi connectivity index (χ1) is 9.51. The molecule has 0 radical (unpaired) electrons. The van der Waals surface area contributed by atoms with E-state index in [1.807, 2.05) is 0 Å². The summed E-state index contributed by atoms with van der Waals surface area (Å²) in [5.41, 5.74) is -1.31. The SMILES string of the molecule is CCOC(=O)c1cn(CC)c2c(F)ccc(F)c2c1=O. The molecule has 6 heteroatoms. The first-order valence-corrected chi connectivity index (χ1v) is 6.19. The van der Waals surface area contributed by atoms with Gasteiger partial charge in [0.05, 0.1) is 17.5 Å². The number of hydrogen-bond donors (Lipinski definition) is 0. The number of benzene rings is 1. The van der Waals surface area contributed by atoms with Crippen LogP contribution >= 0.6 is 0 Å². The third-order valence-corrected chi connectivity index (χ3v) is 2.96. The summed E-state index contributed by atoms with van der Waals surface area (Å²) in [6, 6.07) is 1.82. The number of carbonyl (C=O) groups is 1. The topological polar surface area (TPSA) is 48.3 Å². The number of carbonyl (C=O) groups excluding carboxylic acids is 1. The second kappa shape index (κ2) is 5.40. The number of ether oxygens (including phenoxy) is 1. The molecular formula is C14H13F2NO3. The first-order valence-electron chi connectivity index (χ1n) is 6.19. The fourth-order valence-electron chi connectivity index (χ4n) is 2.06. The smallest absolute Gasteiger partial charge is 0.343 e. The molecule has 0 spiro atoms. The lowest BCUT2D eigenvalue weighted by Crippen LogP contribution is -2.22. The van der Waals surface area contributed by atoms with E-state index >= 15 is 0 Å². The van der Waals surface area contributed by atoms with E-state index < -0.39 is 28.4 Å². The number of pyridine rings is 1. The fraction of sp³-hybridized carbons (Fsp3) is 0.286. The second-order valence-corrected chi connectivity index (χ2v) is 4.13. The van der Waals surface area contributed by atoms with Crippen LogP contribution in [0, 0.1) is 11.6 Å². The van der Waals surface area contributed by atoms with Crippen LogP contribution in [0.5, 0.6) is 0 Å². The van der Waals surface area contributed by atoms with Gasteiger partial charge in [0.2, 0.25) is 5.43 Å². The average molecular weight is 281 g/mol. The summed E-state index contributed by atoms with van der Waals surface area (Å²) < 4.78 is 33.8. The lowest BCUT2D eigenvalue weighted by atomic mass is 10.1. The second-order valence-electron chi connectivity index (χ2n) is 4.13. The van der Waals surface area contributed by atoms with Gasteiger partial charge in [0.15, 0.2) is 0 Å². The van der Waals surface area contributed by atoms with Crippen LogP contribution in [0.15, 0.2) is 23.1 Å². The molecule has 1 aromatic heterocycles. The van der Waals surface area contributed by atoms with Gasteiger partial charge in [-0.25, -0.2) is 13.6 Å². The van der Waals surface area contributed by atoms with E-state index in [9.17, 15) is 18.4 Å². The van der Waals surface area contributed by atoms with Crippen molar-refractivity contribution in [3.63, 3.8) is 0 Å². The molecule has 0 amide bonds. The van der Waals surface area contributed by atoms with Gasteiger partial charge in [-0.1, -0.05) is 0 Å². The number of esters is 1. The van der Waals surface area contributed by atoms with Crippen LogP contribution in [0.3, 0.4) is 0 Å². The molecule has 4 nitrogen and oxygen atoms in total. The van der Waals surface area contributed by atoms with Crippen LogP contribution in [0.1, 0.15) is 24.2 Å². The van der Waals surface area contributed by atoms with E-state index in [0.29, 0.717) is 0 Å². The van der Waals surface area contributed by atoms with Gasteiger partial charge in [-0.3, -0.25) is 4.79 Å². The molecule has 0 atom stereocenters. The van der Waals surface area contributed by atoms with Crippen LogP contribution in [-0.4, -0.2) is 17.1 Å². The Labute approximate surface area is 113 Å². The Kier molecular flexibility index (Phi) is 3.83. The maximum Gasteiger partial charge on any atom is 0.343 e. The number of hydrogen-bond acceptors (Lipinski definition) is 3. The third kappa shape index (κ3) is 2.17. The van der Waals surface area contributed by atoms with Crippen LogP contribution in [0.2, 0.25) is 0 Å². The molecule has 2 aromatic rings. The van der Waals surface area contributed by atoms with Crippen molar-refractivity contribution in [2.24, 2.45) is 0 Å². The molecule has 0 saturated carbocycles. The summed E-state index contributed by atoms with van der Waals surface area (Å²) in [7, 11) is 0. The van der Waals surface area contributed by atoms with Gasteiger partial charge in [0, 0.05) is 12.7 Å². The molecule has 2 rings (SSSR count). The van der Waals surface area contributed by atoms with Crippen molar-refractivity contribution < 1.29 is 18.3 Å². The molecule has 1 aromatic carbocycles. The van der Waals surface area contributed by atoms with Crippen LogP contribution < -0.4 is 5.43 Å². The first kappa shape index (κ1) is 14.2. The molecule has 20 heavy (non-hydrogen) atoms. The monoisotopic (exact) mass is 281 g/mol. The van der Waals surface area contributed by atoms with Gasteiger partial charge in [-0.05, 0) is 26.0 Å². The third-order valence-electron chi connectivity index (χ3n) is 2.96. The molecule has 0 fully saturated rings. The predicted molar refractivity (Wildman–Crippen MR) is 69.8 cm³/mol. The molecular weight excluding hydrogens is 268 g/mol. The molecule has 0 aliphatic rings. The molecule has 0 N–H and O–H groups in total. The quantitative estimate of drug-likeness (QED) is 0.812. The Morgan fingerprint density at radius 3 is 2.50 bits per heavy atom. The number of halogens is 2. The number of aromatic nitrogens is 1. The van der Waals surface area contributed by atoms with E-state index in [2.05, 4.69) is 0 Å². The van der Waals surface area contributed by atoms with Gasteiger partial charge in [-0.15, -0.1) is 0 Å². The molecule has 0 unspecified atom stereocenters.